The van der Waals surface area contributed by atoms with Crippen LogP contribution < -0.4 is 4.72 Å². The lowest BCUT2D eigenvalue weighted by molar-refractivity contribution is -0.387. The molecule has 0 amide bonds. The number of nitro groups is 1. The number of rotatable bonds is 7. The molecule has 1 heterocycles. The van der Waals surface area contributed by atoms with E-state index in [2.05, 4.69) is 21.5 Å². The van der Waals surface area contributed by atoms with Crippen molar-refractivity contribution in [1.29, 1.82) is 0 Å². The van der Waals surface area contributed by atoms with Crippen LogP contribution in [-0.4, -0.2) is 29.4 Å². The number of aliphatic carboxylic acids is 1. The van der Waals surface area contributed by atoms with Crippen molar-refractivity contribution in [2.75, 3.05) is 4.72 Å². The zero-order valence-electron chi connectivity index (χ0n) is 14.6. The van der Waals surface area contributed by atoms with Crippen LogP contribution in [0.3, 0.4) is 0 Å². The Hall–Kier alpha value is -3.23. The van der Waals surface area contributed by atoms with Crippen LogP contribution >= 0.6 is 11.6 Å². The van der Waals surface area contributed by atoms with E-state index in [1.807, 2.05) is 0 Å². The number of nitro benzene ring substituents is 1. The third-order valence-corrected chi connectivity index (χ3v) is 5.00. The maximum Gasteiger partial charge on any atom is 0.306 e. The van der Waals surface area contributed by atoms with E-state index >= 15 is 0 Å². The monoisotopic (exact) mass is 441 g/mol. The molecular weight excluding hydrogens is 429 g/mol. The number of halogens is 2. The Morgan fingerprint density at radius 1 is 1.34 bits per heavy atom. The summed E-state index contributed by atoms with van der Waals surface area (Å²) < 4.78 is 40.7. The predicted molar refractivity (Wildman–Crippen MR) is 101 cm³/mol. The zero-order chi connectivity index (χ0) is 21.6. The first-order chi connectivity index (χ1) is 13.6. The molecule has 0 atom stereocenters. The molecule has 1 aromatic carbocycles. The van der Waals surface area contributed by atoms with Gasteiger partial charge in [-0.25, -0.2) is 13.4 Å². The minimum atomic E-state index is -4.32. The number of anilines is 1. The van der Waals surface area contributed by atoms with E-state index in [0.717, 1.165) is 6.07 Å². The van der Waals surface area contributed by atoms with E-state index in [1.54, 1.807) is 0 Å². The molecule has 1 aromatic heterocycles. The molecule has 0 aliphatic heterocycles. The first kappa shape index (κ1) is 22.1. The quantitative estimate of drug-likeness (QED) is 0.221. The Morgan fingerprint density at radius 3 is 2.72 bits per heavy atom. The van der Waals surface area contributed by atoms with Crippen molar-refractivity contribution < 1.29 is 27.6 Å². The highest BCUT2D eigenvalue weighted by atomic mass is 35.5. The number of pyridine rings is 1. The van der Waals surface area contributed by atoms with E-state index < -0.39 is 37.3 Å². The first-order valence-electron chi connectivity index (χ1n) is 7.94. The fourth-order valence-corrected chi connectivity index (χ4v) is 3.32. The van der Waals surface area contributed by atoms with Gasteiger partial charge in [0.1, 0.15) is 10.8 Å². The Kier molecular flexibility index (Phi) is 7.08. The average Bonchev–Trinajstić information content (AvgIpc) is 2.63. The largest absolute Gasteiger partial charge is 0.481 e. The molecule has 29 heavy (non-hydrogen) atoms. The number of hydrogen-bond acceptors (Lipinski definition) is 6. The van der Waals surface area contributed by atoms with Crippen LogP contribution in [0.4, 0.5) is 15.8 Å². The molecule has 152 valence electrons. The number of aromatic nitrogens is 1. The van der Waals surface area contributed by atoms with Crippen LogP contribution in [0.15, 0.2) is 35.2 Å². The van der Waals surface area contributed by atoms with Crippen LogP contribution in [0.2, 0.25) is 5.15 Å². The minimum absolute atomic E-state index is 0.0204. The standard InChI is InChI=1S/C17H13ClFN3O6S/c18-16-9-8-14(13(20-16)4-2-1-3-5-17(23)24)21-29(27,28)11-6-7-12(19)15(10-11)22(25)26/h6-10,21H,1,3,5H2,(H,23,24). The van der Waals surface area contributed by atoms with Gasteiger partial charge in [0.2, 0.25) is 5.82 Å². The number of benzene rings is 1. The van der Waals surface area contributed by atoms with Gasteiger partial charge in [0, 0.05) is 18.9 Å². The number of carbonyl (C=O) groups is 1. The van der Waals surface area contributed by atoms with E-state index in [0.29, 0.717) is 18.6 Å². The van der Waals surface area contributed by atoms with Gasteiger partial charge in [-0.2, -0.15) is 4.39 Å². The van der Waals surface area contributed by atoms with Crippen LogP contribution in [0.25, 0.3) is 0 Å². The second-order valence-electron chi connectivity index (χ2n) is 5.56. The lowest BCUT2D eigenvalue weighted by Crippen LogP contribution is -2.15. The summed E-state index contributed by atoms with van der Waals surface area (Å²) in [6.45, 7) is 0. The number of carboxylic acids is 1. The highest BCUT2D eigenvalue weighted by Crippen LogP contribution is 2.25. The molecule has 2 N–H and O–H groups in total. The van der Waals surface area contributed by atoms with E-state index in [4.69, 9.17) is 16.7 Å². The Labute approximate surface area is 169 Å². The fraction of sp³-hybridized carbons (Fsp3) is 0.176. The molecular formula is C17H13ClFN3O6S. The van der Waals surface area contributed by atoms with Crippen molar-refractivity contribution in [3.63, 3.8) is 0 Å². The summed E-state index contributed by atoms with van der Waals surface area (Å²) in [5.74, 6) is 3.15. The molecule has 0 saturated heterocycles. The van der Waals surface area contributed by atoms with Gasteiger partial charge >= 0.3 is 11.7 Å². The van der Waals surface area contributed by atoms with Crippen molar-refractivity contribution in [2.24, 2.45) is 0 Å². The van der Waals surface area contributed by atoms with Gasteiger partial charge in [0.15, 0.2) is 0 Å². The predicted octanol–water partition coefficient (Wildman–Crippen LogP) is 3.19. The van der Waals surface area contributed by atoms with E-state index in [9.17, 15) is 27.7 Å². The smallest absolute Gasteiger partial charge is 0.306 e. The van der Waals surface area contributed by atoms with Gasteiger partial charge in [0.25, 0.3) is 10.0 Å². The summed E-state index contributed by atoms with van der Waals surface area (Å²) >= 11 is 5.81. The maximum atomic E-state index is 13.5. The Morgan fingerprint density at radius 2 is 2.07 bits per heavy atom. The summed E-state index contributed by atoms with van der Waals surface area (Å²) in [5.41, 5.74) is -1.05. The molecule has 12 heteroatoms. The number of nitrogens with one attached hydrogen (secondary N) is 1. The number of hydrogen-bond donors (Lipinski definition) is 2. The van der Waals surface area contributed by atoms with E-state index in [1.165, 1.54) is 12.1 Å². The number of carboxylic acid groups (broad SMARTS) is 1. The second-order valence-corrected chi connectivity index (χ2v) is 7.62. The molecule has 0 fully saturated rings. The summed E-state index contributed by atoms with van der Waals surface area (Å²) in [5, 5.41) is 19.5. The SMILES string of the molecule is O=C(O)CCCC#Cc1nc(Cl)ccc1NS(=O)(=O)c1ccc(F)c([N+](=O)[O-])c1. The van der Waals surface area contributed by atoms with Crippen molar-refractivity contribution in [1.82, 2.24) is 4.98 Å². The van der Waals surface area contributed by atoms with Gasteiger partial charge in [-0.3, -0.25) is 19.6 Å². The third kappa shape index (κ3) is 6.13. The van der Waals surface area contributed by atoms with Gasteiger partial charge in [-0.15, -0.1) is 0 Å². The van der Waals surface area contributed by atoms with Gasteiger partial charge in [-0.05, 0) is 36.6 Å². The lowest BCUT2D eigenvalue weighted by atomic mass is 10.2. The summed E-state index contributed by atoms with van der Waals surface area (Å²) in [7, 11) is -4.32. The van der Waals surface area contributed by atoms with Crippen LogP contribution in [0, 0.1) is 27.8 Å². The molecule has 0 bridgehead atoms. The number of unbranched alkanes of at least 4 members (excludes halogenated alkanes) is 1. The Balaban J connectivity index is 2.31. The molecule has 0 aliphatic carbocycles. The number of nitrogens with zero attached hydrogens (tertiary/aromatic N) is 2. The summed E-state index contributed by atoms with van der Waals surface area (Å²) in [6, 6.07) is 4.76. The summed E-state index contributed by atoms with van der Waals surface area (Å²) in [4.78, 5) is 23.7. The molecule has 2 aromatic rings. The topological polar surface area (TPSA) is 140 Å². The molecule has 2 rings (SSSR count). The average molecular weight is 442 g/mol. The fourth-order valence-electron chi connectivity index (χ4n) is 2.09. The molecule has 0 radical (unpaired) electrons. The van der Waals surface area contributed by atoms with Crippen molar-refractivity contribution in [3.05, 3.63) is 57.1 Å². The molecule has 0 spiro atoms. The van der Waals surface area contributed by atoms with Crippen LogP contribution in [0.5, 0.6) is 0 Å². The molecule has 0 unspecified atom stereocenters. The minimum Gasteiger partial charge on any atom is -0.481 e. The third-order valence-electron chi connectivity index (χ3n) is 3.43. The second kappa shape index (κ2) is 9.31. The van der Waals surface area contributed by atoms with E-state index in [-0.39, 0.29) is 29.4 Å². The molecule has 9 nitrogen and oxygen atoms in total. The van der Waals surface area contributed by atoms with Crippen molar-refractivity contribution in [3.8, 4) is 11.8 Å². The first-order valence-corrected chi connectivity index (χ1v) is 9.80. The van der Waals surface area contributed by atoms with Crippen molar-refractivity contribution in [2.45, 2.75) is 24.2 Å². The molecule has 0 saturated carbocycles. The van der Waals surface area contributed by atoms with Crippen LogP contribution in [0.1, 0.15) is 25.0 Å². The van der Waals surface area contributed by atoms with Crippen LogP contribution in [-0.2, 0) is 14.8 Å². The van der Waals surface area contributed by atoms with Gasteiger partial charge in [0.05, 0.1) is 15.5 Å². The highest BCUT2D eigenvalue weighted by Gasteiger charge is 2.22. The summed E-state index contributed by atoms with van der Waals surface area (Å²) in [6.07, 6.45) is 0.459. The van der Waals surface area contributed by atoms with Gasteiger partial charge in [-0.1, -0.05) is 17.5 Å². The van der Waals surface area contributed by atoms with Crippen molar-refractivity contribution >= 4 is 39.0 Å². The lowest BCUT2D eigenvalue weighted by Gasteiger charge is -2.10. The highest BCUT2D eigenvalue weighted by molar-refractivity contribution is 7.92. The maximum absolute atomic E-state index is 13.5. The Bertz CT molecular complexity index is 1130. The number of sulfonamides is 1. The normalized spacial score (nSPS) is 10.7. The molecule has 0 aliphatic rings. The van der Waals surface area contributed by atoms with Gasteiger partial charge < -0.3 is 5.11 Å². The zero-order valence-corrected chi connectivity index (χ0v) is 16.1.